The van der Waals surface area contributed by atoms with E-state index in [1.807, 2.05) is 12.1 Å². The van der Waals surface area contributed by atoms with E-state index in [9.17, 15) is 4.79 Å². The largest absolute Gasteiger partial charge is 0.469 e. The van der Waals surface area contributed by atoms with Crippen molar-refractivity contribution < 1.29 is 9.53 Å². The van der Waals surface area contributed by atoms with Crippen LogP contribution < -0.4 is 5.32 Å². The van der Waals surface area contributed by atoms with Crippen molar-refractivity contribution in [3.63, 3.8) is 0 Å². The minimum atomic E-state index is -0.134. The molecule has 3 rings (SSSR count). The van der Waals surface area contributed by atoms with Crippen molar-refractivity contribution in [1.29, 1.82) is 0 Å². The van der Waals surface area contributed by atoms with E-state index < -0.39 is 0 Å². The van der Waals surface area contributed by atoms with E-state index in [1.54, 1.807) is 7.05 Å². The van der Waals surface area contributed by atoms with Crippen LogP contribution in [0, 0.1) is 11.8 Å². The first-order valence-corrected chi connectivity index (χ1v) is 9.16. The fourth-order valence-electron chi connectivity index (χ4n) is 3.70. The first-order chi connectivity index (χ1) is 12.0. The summed E-state index contributed by atoms with van der Waals surface area (Å²) in [5.41, 5.74) is 1.50. The fraction of sp³-hybridized carbons (Fsp3) is 0.579. The van der Waals surface area contributed by atoms with Gasteiger partial charge in [-0.15, -0.1) is 24.0 Å². The number of benzene rings is 1. The molecule has 0 bridgehead atoms. The molecule has 1 aliphatic carbocycles. The van der Waals surface area contributed by atoms with Crippen LogP contribution in [0.4, 0.5) is 0 Å². The smallest absolute Gasteiger partial charge is 0.310 e. The van der Waals surface area contributed by atoms with Gasteiger partial charge in [-0.1, -0.05) is 30.7 Å². The normalized spacial score (nSPS) is 24.0. The highest BCUT2D eigenvalue weighted by Gasteiger charge is 2.45. The van der Waals surface area contributed by atoms with Crippen molar-refractivity contribution in [2.75, 3.05) is 33.8 Å². The Hall–Kier alpha value is -1.02. The summed E-state index contributed by atoms with van der Waals surface area (Å²) in [4.78, 5) is 18.5. The number of aliphatic imine (C=N–C) groups is 1. The molecule has 5 nitrogen and oxygen atoms in total. The lowest BCUT2D eigenvalue weighted by molar-refractivity contribution is -0.145. The molecule has 1 aromatic rings. The molecular weight excluding hydrogens is 465 g/mol. The Morgan fingerprint density at radius 1 is 1.35 bits per heavy atom. The summed E-state index contributed by atoms with van der Waals surface area (Å²) in [5.74, 6) is 0.899. The molecule has 2 fully saturated rings. The van der Waals surface area contributed by atoms with Crippen molar-refractivity contribution in [1.82, 2.24) is 10.2 Å². The molecule has 26 heavy (non-hydrogen) atoms. The van der Waals surface area contributed by atoms with Crippen molar-refractivity contribution in [2.45, 2.75) is 25.2 Å². The van der Waals surface area contributed by atoms with Gasteiger partial charge in [0.05, 0.1) is 13.0 Å². The molecular formula is C19H27ClIN3O2. The Kier molecular flexibility index (Phi) is 7.19. The van der Waals surface area contributed by atoms with Gasteiger partial charge in [-0.3, -0.25) is 9.79 Å². The topological polar surface area (TPSA) is 53.9 Å². The van der Waals surface area contributed by atoms with Crippen LogP contribution >= 0.6 is 35.6 Å². The number of rotatable bonds is 4. The van der Waals surface area contributed by atoms with Crippen LogP contribution in [0.1, 0.15) is 25.3 Å². The van der Waals surface area contributed by atoms with Crippen LogP contribution in [0.25, 0.3) is 0 Å². The average Bonchev–Trinajstić information content (AvgIpc) is 3.31. The molecule has 0 spiro atoms. The maximum atomic E-state index is 11.9. The second-order valence-electron chi connectivity index (χ2n) is 7.20. The van der Waals surface area contributed by atoms with Gasteiger partial charge in [0.15, 0.2) is 5.96 Å². The maximum Gasteiger partial charge on any atom is 0.310 e. The van der Waals surface area contributed by atoms with Gasteiger partial charge in [0, 0.05) is 37.1 Å². The summed E-state index contributed by atoms with van der Waals surface area (Å²) in [7, 11) is 3.24. The first kappa shape index (κ1) is 21.3. The van der Waals surface area contributed by atoms with E-state index in [0.717, 1.165) is 24.1 Å². The molecule has 1 aromatic carbocycles. The lowest BCUT2D eigenvalue weighted by Gasteiger charge is -2.24. The van der Waals surface area contributed by atoms with Gasteiger partial charge in [-0.25, -0.2) is 0 Å². The monoisotopic (exact) mass is 491 g/mol. The van der Waals surface area contributed by atoms with Crippen LogP contribution in [-0.2, 0) is 14.9 Å². The molecule has 1 N–H and O–H groups in total. The number of nitrogens with zero attached hydrogens (tertiary/aromatic N) is 2. The molecule has 1 heterocycles. The van der Waals surface area contributed by atoms with Gasteiger partial charge >= 0.3 is 5.97 Å². The minimum Gasteiger partial charge on any atom is -0.469 e. The molecule has 7 heteroatoms. The summed E-state index contributed by atoms with van der Waals surface area (Å²) < 4.78 is 4.92. The molecule has 2 unspecified atom stereocenters. The fourth-order valence-corrected chi connectivity index (χ4v) is 3.83. The SMILES string of the molecule is CN=C(NCC1(c2ccc(Cl)cc2)CC1)N1CC(C)C(C(=O)OC)C1.I. The minimum absolute atomic E-state index is 0. The second-order valence-corrected chi connectivity index (χ2v) is 7.64. The molecule has 2 atom stereocenters. The summed E-state index contributed by atoms with van der Waals surface area (Å²) in [5, 5.41) is 4.28. The third kappa shape index (κ3) is 4.44. The number of guanidine groups is 1. The van der Waals surface area contributed by atoms with Crippen LogP contribution in [-0.4, -0.2) is 50.6 Å². The Morgan fingerprint density at radius 2 is 2.00 bits per heavy atom. The highest BCUT2D eigenvalue weighted by molar-refractivity contribution is 14.0. The van der Waals surface area contributed by atoms with Gasteiger partial charge < -0.3 is 15.0 Å². The van der Waals surface area contributed by atoms with Crippen LogP contribution in [0.3, 0.4) is 0 Å². The van der Waals surface area contributed by atoms with E-state index in [2.05, 4.69) is 34.3 Å². The summed E-state index contributed by atoms with van der Waals surface area (Å²) >= 11 is 6.00. The van der Waals surface area contributed by atoms with E-state index in [0.29, 0.717) is 6.54 Å². The molecule has 1 aliphatic heterocycles. The standard InChI is InChI=1S/C19H26ClN3O2.HI/c1-13-10-23(11-16(13)17(24)25-3)18(21-2)22-12-19(8-9-19)14-4-6-15(20)7-5-14;/h4-7,13,16H,8-12H2,1-3H3,(H,21,22);1H. The van der Waals surface area contributed by atoms with Crippen LogP contribution in [0.5, 0.6) is 0 Å². The Bertz CT molecular complexity index is 661. The molecule has 1 saturated carbocycles. The van der Waals surface area contributed by atoms with E-state index >= 15 is 0 Å². The third-order valence-corrected chi connectivity index (χ3v) is 5.77. The molecule has 0 amide bonds. The zero-order valence-electron chi connectivity index (χ0n) is 15.5. The number of carbonyl (C=O) groups excluding carboxylic acids is 1. The lowest BCUT2D eigenvalue weighted by atomic mass is 9.96. The zero-order valence-corrected chi connectivity index (χ0v) is 18.6. The van der Waals surface area contributed by atoms with Crippen LogP contribution in [0.2, 0.25) is 5.02 Å². The van der Waals surface area contributed by atoms with E-state index in [4.69, 9.17) is 16.3 Å². The van der Waals surface area contributed by atoms with E-state index in [1.165, 1.54) is 25.5 Å². The van der Waals surface area contributed by atoms with Gasteiger partial charge in [-0.05, 0) is 36.5 Å². The summed E-state index contributed by atoms with van der Waals surface area (Å²) in [6, 6.07) is 8.14. The van der Waals surface area contributed by atoms with Gasteiger partial charge in [-0.2, -0.15) is 0 Å². The summed E-state index contributed by atoms with van der Waals surface area (Å²) in [6.07, 6.45) is 2.33. The van der Waals surface area contributed by atoms with Crippen LogP contribution in [0.15, 0.2) is 29.3 Å². The molecule has 1 saturated heterocycles. The first-order valence-electron chi connectivity index (χ1n) is 8.78. The number of hydrogen-bond donors (Lipinski definition) is 1. The maximum absolute atomic E-state index is 11.9. The number of esters is 1. The number of likely N-dealkylation sites (tertiary alicyclic amines) is 1. The highest BCUT2D eigenvalue weighted by Crippen LogP contribution is 2.47. The average molecular weight is 492 g/mol. The van der Waals surface area contributed by atoms with Crippen molar-refractivity contribution in [3.05, 3.63) is 34.9 Å². The second kappa shape index (κ2) is 8.78. The predicted octanol–water partition coefficient (Wildman–Crippen LogP) is 3.31. The Balaban J connectivity index is 0.00000243. The quantitative estimate of drug-likeness (QED) is 0.304. The lowest BCUT2D eigenvalue weighted by Crippen LogP contribution is -2.43. The number of nitrogens with one attached hydrogen (secondary N) is 1. The van der Waals surface area contributed by atoms with Gasteiger partial charge in [0.2, 0.25) is 0 Å². The Labute approximate surface area is 177 Å². The number of carbonyl (C=O) groups is 1. The van der Waals surface area contributed by atoms with Crippen molar-refractivity contribution in [2.24, 2.45) is 16.8 Å². The van der Waals surface area contributed by atoms with Gasteiger partial charge in [0.25, 0.3) is 0 Å². The van der Waals surface area contributed by atoms with Crippen molar-refractivity contribution >= 4 is 47.5 Å². The van der Waals surface area contributed by atoms with Gasteiger partial charge in [0.1, 0.15) is 0 Å². The number of methoxy groups -OCH3 is 1. The number of hydrogen-bond acceptors (Lipinski definition) is 3. The number of halogens is 2. The molecule has 0 radical (unpaired) electrons. The molecule has 2 aliphatic rings. The zero-order chi connectivity index (χ0) is 18.0. The van der Waals surface area contributed by atoms with Crippen molar-refractivity contribution in [3.8, 4) is 0 Å². The molecule has 0 aromatic heterocycles. The predicted molar refractivity (Wildman–Crippen MR) is 115 cm³/mol. The van der Waals surface area contributed by atoms with E-state index in [-0.39, 0.29) is 47.2 Å². The highest BCUT2D eigenvalue weighted by atomic mass is 127. The Morgan fingerprint density at radius 3 is 2.54 bits per heavy atom. The third-order valence-electron chi connectivity index (χ3n) is 5.52. The number of ether oxygens (including phenoxy) is 1. The summed E-state index contributed by atoms with van der Waals surface area (Å²) in [6.45, 7) is 4.40. The molecule has 144 valence electrons.